The number of aromatic nitrogens is 1. The van der Waals surface area contributed by atoms with Crippen LogP contribution >= 0.6 is 0 Å². The van der Waals surface area contributed by atoms with Gasteiger partial charge in [0.1, 0.15) is 5.82 Å². The molecule has 1 atom stereocenters. The van der Waals surface area contributed by atoms with Gasteiger partial charge in [-0.15, -0.1) is 0 Å². The monoisotopic (exact) mass is 221 g/mol. The fourth-order valence-electron chi connectivity index (χ4n) is 1.38. The SMILES string of the molecule is CCC(C)N(C)C(=O)c1ccnc(NC)c1. The van der Waals surface area contributed by atoms with E-state index in [0.717, 1.165) is 6.42 Å². The first-order valence-corrected chi connectivity index (χ1v) is 5.51. The summed E-state index contributed by atoms with van der Waals surface area (Å²) in [5.41, 5.74) is 0.669. The first kappa shape index (κ1) is 12.5. The van der Waals surface area contributed by atoms with Gasteiger partial charge in [0.2, 0.25) is 0 Å². The van der Waals surface area contributed by atoms with E-state index in [2.05, 4.69) is 17.2 Å². The van der Waals surface area contributed by atoms with E-state index in [-0.39, 0.29) is 11.9 Å². The van der Waals surface area contributed by atoms with E-state index in [4.69, 9.17) is 0 Å². The van der Waals surface area contributed by atoms with Crippen molar-refractivity contribution in [3.8, 4) is 0 Å². The van der Waals surface area contributed by atoms with Crippen LogP contribution in [0.3, 0.4) is 0 Å². The average Bonchev–Trinajstić information content (AvgIpc) is 2.36. The number of carbonyl (C=O) groups excluding carboxylic acids is 1. The van der Waals surface area contributed by atoms with Gasteiger partial charge in [-0.25, -0.2) is 4.98 Å². The Hall–Kier alpha value is -1.58. The minimum absolute atomic E-state index is 0.0354. The molecular weight excluding hydrogens is 202 g/mol. The molecule has 0 aromatic carbocycles. The second-order valence-electron chi connectivity index (χ2n) is 3.85. The molecule has 88 valence electrons. The van der Waals surface area contributed by atoms with Crippen LogP contribution in [-0.2, 0) is 0 Å². The summed E-state index contributed by atoms with van der Waals surface area (Å²) in [6, 6.07) is 3.75. The molecule has 0 spiro atoms. The lowest BCUT2D eigenvalue weighted by Gasteiger charge is -2.23. The van der Waals surface area contributed by atoms with E-state index in [1.807, 2.05) is 14.0 Å². The van der Waals surface area contributed by atoms with Gasteiger partial charge in [0.05, 0.1) is 0 Å². The maximum Gasteiger partial charge on any atom is 0.254 e. The molecule has 0 saturated heterocycles. The van der Waals surface area contributed by atoms with Crippen molar-refractivity contribution >= 4 is 11.7 Å². The summed E-state index contributed by atoms with van der Waals surface area (Å²) in [5.74, 6) is 0.747. The molecule has 0 aliphatic rings. The highest BCUT2D eigenvalue weighted by atomic mass is 16.2. The molecule has 0 saturated carbocycles. The van der Waals surface area contributed by atoms with Crippen LogP contribution in [0.1, 0.15) is 30.6 Å². The number of nitrogens with zero attached hydrogens (tertiary/aromatic N) is 2. The molecule has 0 aliphatic heterocycles. The van der Waals surface area contributed by atoms with E-state index < -0.39 is 0 Å². The smallest absolute Gasteiger partial charge is 0.254 e. The topological polar surface area (TPSA) is 45.2 Å². The highest BCUT2D eigenvalue weighted by molar-refractivity contribution is 5.94. The van der Waals surface area contributed by atoms with Gasteiger partial charge in [0, 0.05) is 31.9 Å². The van der Waals surface area contributed by atoms with Crippen LogP contribution in [-0.4, -0.2) is 35.9 Å². The second-order valence-corrected chi connectivity index (χ2v) is 3.85. The van der Waals surface area contributed by atoms with Gasteiger partial charge in [-0.3, -0.25) is 4.79 Å². The first-order valence-electron chi connectivity index (χ1n) is 5.51. The summed E-state index contributed by atoms with van der Waals surface area (Å²) in [6.45, 7) is 4.11. The average molecular weight is 221 g/mol. The first-order chi connectivity index (χ1) is 7.60. The fraction of sp³-hybridized carbons (Fsp3) is 0.500. The zero-order valence-corrected chi connectivity index (χ0v) is 10.3. The van der Waals surface area contributed by atoms with E-state index in [1.54, 1.807) is 30.3 Å². The van der Waals surface area contributed by atoms with Crippen LogP contribution in [0, 0.1) is 0 Å². The number of hydrogen-bond acceptors (Lipinski definition) is 3. The minimum Gasteiger partial charge on any atom is -0.373 e. The van der Waals surface area contributed by atoms with Crippen molar-refractivity contribution in [3.05, 3.63) is 23.9 Å². The highest BCUT2D eigenvalue weighted by Crippen LogP contribution is 2.11. The molecule has 0 bridgehead atoms. The third kappa shape index (κ3) is 2.72. The molecule has 1 aromatic rings. The van der Waals surface area contributed by atoms with E-state index in [1.165, 1.54) is 0 Å². The van der Waals surface area contributed by atoms with Crippen molar-refractivity contribution in [3.63, 3.8) is 0 Å². The highest BCUT2D eigenvalue weighted by Gasteiger charge is 2.16. The maximum absolute atomic E-state index is 12.1. The Morgan fingerprint density at radius 2 is 2.31 bits per heavy atom. The van der Waals surface area contributed by atoms with Gasteiger partial charge in [0.25, 0.3) is 5.91 Å². The number of carbonyl (C=O) groups is 1. The van der Waals surface area contributed by atoms with E-state index >= 15 is 0 Å². The Kier molecular flexibility index (Phi) is 4.28. The van der Waals surface area contributed by atoms with Crippen molar-refractivity contribution in [2.24, 2.45) is 0 Å². The van der Waals surface area contributed by atoms with Gasteiger partial charge in [-0.05, 0) is 25.5 Å². The Bertz CT molecular complexity index is 365. The van der Waals surface area contributed by atoms with Crippen LogP contribution < -0.4 is 5.32 Å². The van der Waals surface area contributed by atoms with Crippen LogP contribution in [0.5, 0.6) is 0 Å². The molecule has 1 amide bonds. The van der Waals surface area contributed by atoms with Crippen LogP contribution in [0.25, 0.3) is 0 Å². The number of hydrogen-bond donors (Lipinski definition) is 1. The molecule has 1 N–H and O–H groups in total. The van der Waals surface area contributed by atoms with Crippen molar-refractivity contribution in [2.75, 3.05) is 19.4 Å². The standard InChI is InChI=1S/C12H19N3O/c1-5-9(2)15(4)12(16)10-6-7-14-11(8-10)13-3/h6-9H,5H2,1-4H3,(H,13,14). The number of nitrogens with one attached hydrogen (secondary N) is 1. The Morgan fingerprint density at radius 3 is 2.88 bits per heavy atom. The van der Waals surface area contributed by atoms with Crippen molar-refractivity contribution in [1.82, 2.24) is 9.88 Å². The molecular formula is C12H19N3O. The van der Waals surface area contributed by atoms with Crippen LogP contribution in [0.15, 0.2) is 18.3 Å². The summed E-state index contributed by atoms with van der Waals surface area (Å²) in [4.78, 5) is 17.9. The summed E-state index contributed by atoms with van der Waals surface area (Å²) in [6.07, 6.45) is 2.59. The lowest BCUT2D eigenvalue weighted by Crippen LogP contribution is -2.34. The summed E-state index contributed by atoms with van der Waals surface area (Å²) < 4.78 is 0. The zero-order chi connectivity index (χ0) is 12.1. The number of pyridine rings is 1. The Balaban J connectivity index is 2.87. The predicted octanol–water partition coefficient (Wildman–Crippen LogP) is 1.99. The third-order valence-electron chi connectivity index (χ3n) is 2.84. The Morgan fingerprint density at radius 1 is 1.62 bits per heavy atom. The number of amides is 1. The van der Waals surface area contributed by atoms with Crippen LogP contribution in [0.2, 0.25) is 0 Å². The normalized spacial score (nSPS) is 12.0. The molecule has 1 unspecified atom stereocenters. The molecule has 4 nitrogen and oxygen atoms in total. The van der Waals surface area contributed by atoms with Crippen molar-refractivity contribution in [1.29, 1.82) is 0 Å². The van der Waals surface area contributed by atoms with E-state index in [9.17, 15) is 4.79 Å². The quantitative estimate of drug-likeness (QED) is 0.845. The lowest BCUT2D eigenvalue weighted by atomic mass is 10.2. The van der Waals surface area contributed by atoms with Crippen molar-refractivity contribution < 1.29 is 4.79 Å². The van der Waals surface area contributed by atoms with Gasteiger partial charge in [-0.1, -0.05) is 6.92 Å². The second kappa shape index (κ2) is 5.49. The summed E-state index contributed by atoms with van der Waals surface area (Å²) in [5, 5.41) is 2.92. The molecule has 0 aliphatic carbocycles. The minimum atomic E-state index is 0.0354. The molecule has 0 fully saturated rings. The van der Waals surface area contributed by atoms with Crippen molar-refractivity contribution in [2.45, 2.75) is 26.3 Å². The predicted molar refractivity (Wildman–Crippen MR) is 65.6 cm³/mol. The van der Waals surface area contributed by atoms with Gasteiger partial charge >= 0.3 is 0 Å². The third-order valence-corrected chi connectivity index (χ3v) is 2.84. The zero-order valence-electron chi connectivity index (χ0n) is 10.3. The summed E-state index contributed by atoms with van der Waals surface area (Å²) in [7, 11) is 3.62. The maximum atomic E-state index is 12.1. The van der Waals surface area contributed by atoms with Gasteiger partial charge in [-0.2, -0.15) is 0 Å². The molecule has 1 aromatic heterocycles. The number of anilines is 1. The fourth-order valence-corrected chi connectivity index (χ4v) is 1.38. The largest absolute Gasteiger partial charge is 0.373 e. The lowest BCUT2D eigenvalue weighted by molar-refractivity contribution is 0.0740. The van der Waals surface area contributed by atoms with Gasteiger partial charge in [0.15, 0.2) is 0 Å². The molecule has 4 heteroatoms. The number of rotatable bonds is 4. The Labute approximate surface area is 96.7 Å². The summed E-state index contributed by atoms with van der Waals surface area (Å²) >= 11 is 0. The molecule has 1 heterocycles. The molecule has 0 radical (unpaired) electrons. The molecule has 1 rings (SSSR count). The molecule has 16 heavy (non-hydrogen) atoms. The van der Waals surface area contributed by atoms with E-state index in [0.29, 0.717) is 11.4 Å². The van der Waals surface area contributed by atoms with Crippen LogP contribution in [0.4, 0.5) is 5.82 Å². The van der Waals surface area contributed by atoms with Gasteiger partial charge < -0.3 is 10.2 Å².